The van der Waals surface area contributed by atoms with Gasteiger partial charge in [0.2, 0.25) is 17.8 Å². The number of nitrogens with zero attached hydrogens (tertiary/aromatic N) is 6. The van der Waals surface area contributed by atoms with Gasteiger partial charge in [-0.1, -0.05) is 11.6 Å². The number of benzene rings is 2. The molecule has 0 spiro atoms. The second kappa shape index (κ2) is 13.9. The molecule has 16 heteroatoms. The van der Waals surface area contributed by atoms with E-state index in [2.05, 4.69) is 36.2 Å². The van der Waals surface area contributed by atoms with E-state index >= 15 is 0 Å². The number of amides is 3. The van der Waals surface area contributed by atoms with Crippen LogP contribution in [0.15, 0.2) is 53.5 Å². The largest absolute Gasteiger partial charge is 0.478 e. The van der Waals surface area contributed by atoms with Crippen LogP contribution in [-0.2, 0) is 28.5 Å². The van der Waals surface area contributed by atoms with Crippen LogP contribution in [0.25, 0.3) is 21.8 Å². The number of rotatable bonds is 10. The summed E-state index contributed by atoms with van der Waals surface area (Å²) in [6, 6.07) is 13.2. The van der Waals surface area contributed by atoms with Crippen LogP contribution in [0.2, 0.25) is 5.02 Å². The molecule has 4 N–H and O–H groups in total. The van der Waals surface area contributed by atoms with Gasteiger partial charge < -0.3 is 30.2 Å². The Labute approximate surface area is 297 Å². The highest BCUT2D eigenvalue weighted by atomic mass is 35.5. The number of anilines is 4. The highest BCUT2D eigenvalue weighted by Gasteiger charge is 2.32. The first-order chi connectivity index (χ1) is 24.6. The van der Waals surface area contributed by atoms with Gasteiger partial charge >= 0.3 is 0 Å². The number of pyridine rings is 1. The number of likely N-dealkylation sites (N-methyl/N-ethyl adjacent to an activating group) is 1. The summed E-state index contributed by atoms with van der Waals surface area (Å²) in [4.78, 5) is 60.2. The Kier molecular flexibility index (Phi) is 9.21. The molecule has 2 saturated heterocycles. The van der Waals surface area contributed by atoms with Gasteiger partial charge in [-0.25, -0.2) is 4.98 Å². The summed E-state index contributed by atoms with van der Waals surface area (Å²) in [6.45, 7) is 1.16. The van der Waals surface area contributed by atoms with Crippen molar-refractivity contribution in [2.75, 3.05) is 42.3 Å². The number of aromatic nitrogens is 5. The van der Waals surface area contributed by atoms with E-state index in [1.807, 2.05) is 43.4 Å². The quantitative estimate of drug-likeness (QED) is 0.156. The van der Waals surface area contributed by atoms with Crippen LogP contribution in [0.3, 0.4) is 0 Å². The summed E-state index contributed by atoms with van der Waals surface area (Å²) < 4.78 is 8.74. The highest BCUT2D eigenvalue weighted by molar-refractivity contribution is 6.33. The number of carbonyl (C=O) groups excluding carboxylic acids is 3. The molecule has 0 aliphatic carbocycles. The van der Waals surface area contributed by atoms with Crippen LogP contribution >= 0.6 is 11.6 Å². The molecule has 264 valence electrons. The standard InChI is InChI=1S/C35H37ClN10O5/c1-37-30(48)18-51-28-14-19-13-21(7-10-26(19)44(2)34(28)50)40-32-25(36)17-39-35(42-32)46-12-4-5-22(46)16-38-20-6-8-23-27(15-20)45(3)43-31(23)24-9-11-29(47)41-33(24)49/h6-8,10,13-15,17,22,24,38H,4-5,9,11-12,16,18H2,1-3H3,(H,37,48)(H,39,40,42)(H,41,47,49). The second-order valence-corrected chi connectivity index (χ2v) is 13.1. The topological polar surface area (TPSA) is 177 Å². The predicted octanol–water partition coefficient (Wildman–Crippen LogP) is 3.34. The third-order valence-electron chi connectivity index (χ3n) is 9.45. The number of ether oxygens (including phenoxy) is 1. The van der Waals surface area contributed by atoms with Gasteiger partial charge in [0, 0.05) is 68.8 Å². The number of hydrogen-bond donors (Lipinski definition) is 4. The van der Waals surface area contributed by atoms with Crippen molar-refractivity contribution < 1.29 is 19.1 Å². The van der Waals surface area contributed by atoms with Crippen molar-refractivity contribution in [1.29, 1.82) is 0 Å². The van der Waals surface area contributed by atoms with Crippen molar-refractivity contribution in [1.82, 2.24) is 34.9 Å². The van der Waals surface area contributed by atoms with Crippen LogP contribution < -0.4 is 36.5 Å². The Morgan fingerprint density at radius 3 is 2.69 bits per heavy atom. The average Bonchev–Trinajstić information content (AvgIpc) is 3.73. The molecule has 2 aromatic carbocycles. The van der Waals surface area contributed by atoms with Gasteiger partial charge in [0.1, 0.15) is 5.02 Å². The maximum Gasteiger partial charge on any atom is 0.293 e. The summed E-state index contributed by atoms with van der Waals surface area (Å²) >= 11 is 6.56. The molecule has 51 heavy (non-hydrogen) atoms. The molecular weight excluding hydrogens is 676 g/mol. The number of hydrogen-bond acceptors (Lipinski definition) is 11. The third-order valence-corrected chi connectivity index (χ3v) is 9.72. The van der Waals surface area contributed by atoms with E-state index in [-0.39, 0.29) is 41.7 Å². The lowest BCUT2D eigenvalue weighted by Crippen LogP contribution is -2.39. The van der Waals surface area contributed by atoms with E-state index in [9.17, 15) is 19.2 Å². The average molecular weight is 713 g/mol. The lowest BCUT2D eigenvalue weighted by molar-refractivity contribution is -0.134. The Morgan fingerprint density at radius 1 is 1.06 bits per heavy atom. The first kappa shape index (κ1) is 33.8. The first-order valence-corrected chi connectivity index (χ1v) is 17.0. The van der Waals surface area contributed by atoms with Gasteiger partial charge in [0.05, 0.1) is 28.8 Å². The van der Waals surface area contributed by atoms with Crippen molar-refractivity contribution >= 4 is 74.3 Å². The molecule has 3 aromatic heterocycles. The minimum absolute atomic E-state index is 0.0685. The summed E-state index contributed by atoms with van der Waals surface area (Å²) in [6.07, 6.45) is 4.25. The van der Waals surface area contributed by atoms with Crippen LogP contribution in [0.5, 0.6) is 5.75 Å². The summed E-state index contributed by atoms with van der Waals surface area (Å²) in [5.74, 6) is -0.291. The molecule has 2 aliphatic rings. The van der Waals surface area contributed by atoms with Crippen LogP contribution in [0.4, 0.5) is 23.1 Å². The first-order valence-electron chi connectivity index (χ1n) is 16.7. The van der Waals surface area contributed by atoms with Crippen molar-refractivity contribution in [3.05, 3.63) is 69.7 Å². The van der Waals surface area contributed by atoms with Gasteiger partial charge in [0.25, 0.3) is 11.5 Å². The zero-order valence-corrected chi connectivity index (χ0v) is 29.1. The molecule has 2 aliphatic heterocycles. The van der Waals surface area contributed by atoms with E-state index in [4.69, 9.17) is 21.3 Å². The number of piperidine rings is 1. The lowest BCUT2D eigenvalue weighted by Gasteiger charge is -2.26. The predicted molar refractivity (Wildman–Crippen MR) is 194 cm³/mol. The number of imide groups is 1. The maximum absolute atomic E-state index is 12.8. The van der Waals surface area contributed by atoms with Crippen molar-refractivity contribution in [3.8, 4) is 5.75 Å². The van der Waals surface area contributed by atoms with Crippen molar-refractivity contribution in [2.45, 2.75) is 37.6 Å². The third kappa shape index (κ3) is 6.76. The minimum atomic E-state index is -0.457. The number of aryl methyl sites for hydroxylation is 2. The Morgan fingerprint density at radius 2 is 1.88 bits per heavy atom. The molecule has 2 atom stereocenters. The normalized spacial score (nSPS) is 17.5. The molecule has 2 unspecified atom stereocenters. The van der Waals surface area contributed by atoms with Crippen LogP contribution in [0.1, 0.15) is 37.3 Å². The molecule has 15 nitrogen and oxygen atoms in total. The van der Waals surface area contributed by atoms with Crippen molar-refractivity contribution in [3.63, 3.8) is 0 Å². The number of nitrogens with one attached hydrogen (secondary N) is 4. The molecule has 5 heterocycles. The molecule has 5 aromatic rings. The van der Waals surface area contributed by atoms with Crippen LogP contribution in [0, 0.1) is 0 Å². The fourth-order valence-electron chi connectivity index (χ4n) is 6.72. The van der Waals surface area contributed by atoms with Gasteiger partial charge in [-0.2, -0.15) is 10.1 Å². The molecule has 3 amide bonds. The molecule has 7 rings (SSSR count). The van der Waals surface area contributed by atoms with Crippen LogP contribution in [-0.4, -0.2) is 74.8 Å². The van der Waals surface area contributed by atoms with E-state index in [1.165, 1.54) is 11.6 Å². The van der Waals surface area contributed by atoms with E-state index in [0.29, 0.717) is 53.1 Å². The summed E-state index contributed by atoms with van der Waals surface area (Å²) in [7, 11) is 5.00. The molecule has 2 fully saturated rings. The fourth-order valence-corrected chi connectivity index (χ4v) is 6.86. The maximum atomic E-state index is 12.8. The zero-order chi connectivity index (χ0) is 35.8. The molecule has 0 radical (unpaired) electrons. The van der Waals surface area contributed by atoms with Crippen molar-refractivity contribution in [2.24, 2.45) is 14.1 Å². The van der Waals surface area contributed by atoms with E-state index in [1.54, 1.807) is 24.0 Å². The SMILES string of the molecule is CNC(=O)COc1cc2cc(Nc3nc(N4CCCC4CNc4ccc5c(C6CCC(=O)NC6=O)nn(C)c5c4)ncc3Cl)ccc2n(C)c1=O. The van der Waals surface area contributed by atoms with E-state index < -0.39 is 5.92 Å². The number of halogens is 1. The van der Waals surface area contributed by atoms with Gasteiger partial charge in [-0.15, -0.1) is 0 Å². The fraction of sp³-hybridized carbons (Fsp3) is 0.343. The minimum Gasteiger partial charge on any atom is -0.478 e. The Hall–Kier alpha value is -5.70. The second-order valence-electron chi connectivity index (χ2n) is 12.7. The number of fused-ring (bicyclic) bond motifs is 2. The number of carbonyl (C=O) groups is 3. The zero-order valence-electron chi connectivity index (χ0n) is 28.3. The van der Waals surface area contributed by atoms with Gasteiger partial charge in [-0.3, -0.25) is 29.2 Å². The molecule has 0 saturated carbocycles. The summed E-state index contributed by atoms with van der Waals surface area (Å²) in [5.41, 5.74) is 3.53. The summed E-state index contributed by atoms with van der Waals surface area (Å²) in [5, 5.41) is 18.4. The Bertz CT molecular complexity index is 2250. The molecular formula is C35H37ClN10O5. The van der Waals surface area contributed by atoms with E-state index in [0.717, 1.165) is 41.4 Å². The Balaban J connectivity index is 1.06. The smallest absolute Gasteiger partial charge is 0.293 e. The van der Waals surface area contributed by atoms with Gasteiger partial charge in [0.15, 0.2) is 18.2 Å². The highest BCUT2D eigenvalue weighted by Crippen LogP contribution is 2.33. The van der Waals surface area contributed by atoms with Gasteiger partial charge in [-0.05, 0) is 61.7 Å². The lowest BCUT2D eigenvalue weighted by atomic mass is 9.93. The monoisotopic (exact) mass is 712 g/mol. The molecule has 0 bridgehead atoms.